The minimum atomic E-state index is -0.325. The summed E-state index contributed by atoms with van der Waals surface area (Å²) in [5.74, 6) is 1.64. The number of alkyl halides is 1. The molecule has 2 saturated heterocycles. The van der Waals surface area contributed by atoms with E-state index in [4.69, 9.17) is 11.6 Å². The summed E-state index contributed by atoms with van der Waals surface area (Å²) in [6.07, 6.45) is 5.79. The average molecular weight is 1110 g/mol. The van der Waals surface area contributed by atoms with Gasteiger partial charge in [-0.1, -0.05) is 50.7 Å². The number of rotatable bonds is 10. The summed E-state index contributed by atoms with van der Waals surface area (Å²) < 4.78 is 25.5. The smallest absolute Gasteiger partial charge is 1.00 e. The third kappa shape index (κ3) is 16.0. The zero-order valence-corrected chi connectivity index (χ0v) is 46.4. The van der Waals surface area contributed by atoms with Crippen LogP contribution in [0.2, 0.25) is 0 Å². The molecular formula is C54H71ClF2IKN6O4. The Hall–Kier alpha value is -2.48. The van der Waals surface area contributed by atoms with Crippen molar-refractivity contribution in [2.75, 3.05) is 89.2 Å². The molecule has 4 aromatic rings. The molecule has 69 heavy (non-hydrogen) atoms. The fourth-order valence-corrected chi connectivity index (χ4v) is 10.3. The van der Waals surface area contributed by atoms with Crippen LogP contribution in [0.25, 0.3) is 0 Å². The Balaban J connectivity index is 0.000000269. The summed E-state index contributed by atoms with van der Waals surface area (Å²) in [6, 6.07) is 25.2. The van der Waals surface area contributed by atoms with Gasteiger partial charge in [-0.15, -0.1) is 11.6 Å². The van der Waals surface area contributed by atoms with Gasteiger partial charge in [0.1, 0.15) is 11.6 Å². The largest absolute Gasteiger partial charge is 1.00 e. The second-order valence-corrected chi connectivity index (χ2v) is 18.2. The molecule has 6 heterocycles. The van der Waals surface area contributed by atoms with Gasteiger partial charge in [0.05, 0.1) is 13.1 Å². The number of Topliss-reactive ketones (excluding diaryl/α,β-unsaturated/α-hetero) is 4. The number of benzene rings is 4. The number of ketones is 4. The van der Waals surface area contributed by atoms with Crippen LogP contribution in [0.3, 0.4) is 0 Å². The molecule has 0 bridgehead atoms. The molecule has 4 aromatic carbocycles. The number of nitrogens with zero attached hydrogens (tertiary/aromatic N) is 3. The Labute approximate surface area is 474 Å². The van der Waals surface area contributed by atoms with Crippen LogP contribution >= 0.6 is 11.6 Å². The summed E-state index contributed by atoms with van der Waals surface area (Å²) >= 11 is 5.45. The molecule has 0 amide bonds. The molecule has 0 aliphatic carbocycles. The monoisotopic (exact) mass is 1110 g/mol. The van der Waals surface area contributed by atoms with E-state index in [-0.39, 0.29) is 106 Å². The molecular weight excluding hydrogens is 1040 g/mol. The predicted molar refractivity (Wildman–Crippen MR) is 269 cm³/mol. The maximum absolute atomic E-state index is 13.0. The maximum atomic E-state index is 13.0. The zero-order chi connectivity index (χ0) is 47.2. The van der Waals surface area contributed by atoms with Gasteiger partial charge in [0.15, 0.2) is 23.1 Å². The van der Waals surface area contributed by atoms with Crippen LogP contribution in [0.1, 0.15) is 108 Å². The number of anilines is 2. The Morgan fingerprint density at radius 2 is 1.19 bits per heavy atom. The number of hydrogen-bond acceptors (Lipinski definition) is 10. The molecule has 0 aromatic heterocycles. The fraction of sp³-hybridized carbons (Fsp3) is 0.481. The molecule has 6 aliphatic heterocycles. The summed E-state index contributed by atoms with van der Waals surface area (Å²) in [6.45, 7) is 9.34. The topological polar surface area (TPSA) is 114 Å². The summed E-state index contributed by atoms with van der Waals surface area (Å²) in [7, 11) is 5.68. The number of carbonyl (C=O) groups is 4. The number of nitrogens with one attached hydrogen (secondary N) is 3. The molecule has 0 radical (unpaired) electrons. The van der Waals surface area contributed by atoms with Crippen LogP contribution in [0, 0.1) is 11.6 Å². The average Bonchev–Trinajstić information content (AvgIpc) is 3.82. The SMILES string of the molecule is C.CCNC.CNC.O=C(CCCCl)c1ccc(F)cc1.O=C1Cc2cccc3c2N(C1)[C@H]1CCN(CCCC(=O)c2ccc(F)cc2)C[C@@H]31.O=C1Cc2cccc3c2N(C1)[C@H]1CCNC[C@@H]31.[I-].[K+]. The minimum Gasteiger partial charge on any atom is -1.00 e. The van der Waals surface area contributed by atoms with Gasteiger partial charge in [-0.25, -0.2) is 8.78 Å². The number of para-hydroxylation sites is 2. The van der Waals surface area contributed by atoms with E-state index in [1.807, 2.05) is 21.1 Å². The molecule has 6 aliphatic rings. The van der Waals surface area contributed by atoms with Crippen LogP contribution in [-0.2, 0) is 22.4 Å². The molecule has 370 valence electrons. The van der Waals surface area contributed by atoms with E-state index < -0.39 is 0 Å². The number of piperidine rings is 2. The first-order valence-corrected chi connectivity index (χ1v) is 24.1. The van der Waals surface area contributed by atoms with Gasteiger partial charge in [-0.05, 0) is 137 Å². The van der Waals surface area contributed by atoms with Crippen molar-refractivity contribution in [3.63, 3.8) is 0 Å². The first kappa shape index (κ1) is 60.8. The quantitative estimate of drug-likeness (QED) is 0.0949. The van der Waals surface area contributed by atoms with Crippen LogP contribution in [0.5, 0.6) is 0 Å². The van der Waals surface area contributed by atoms with E-state index in [0.717, 1.165) is 58.5 Å². The summed E-state index contributed by atoms with van der Waals surface area (Å²) in [5.41, 5.74) is 9.12. The molecule has 3 N–H and O–H groups in total. The molecule has 0 spiro atoms. The Morgan fingerprint density at radius 3 is 1.67 bits per heavy atom. The number of fused-ring (bicyclic) bond motifs is 6. The van der Waals surface area contributed by atoms with E-state index in [0.29, 0.717) is 97.7 Å². The molecule has 4 atom stereocenters. The van der Waals surface area contributed by atoms with Crippen LogP contribution in [0.15, 0.2) is 84.9 Å². The standard InChI is InChI=1S/C24H25FN2O2.C14H16N2O.C10H10ClFO.C3H9N.C2H7N.CH4.HI.K/c25-18-8-6-16(7-9-18)23(29)5-2-11-26-12-10-22-21(15-26)20-4-1-3-17-13-19(28)14-27(22)24(17)20;17-10-6-9-2-1-3-11-12-7-15-5-4-13(12)16(8-10)14(9)11;11-7-1-2-10(13)8-3-5-9(12)6-4-8;1-3-4-2;1-3-2;;;/h1,3-4,6-9,21-22H,2,5,10-15H2;1-3,12-13,15H,4-8H2;3-6H,1-2,7H2;4H,3H2,1-2H3;3H,1-2H3;1H4;1H;/q;;;;;;;+1/p-1/t21-,22-;12-,13-;;;;;;/m00....../s1. The van der Waals surface area contributed by atoms with Crippen LogP contribution < -0.4 is 101 Å². The molecule has 0 saturated carbocycles. The number of carbonyl (C=O) groups excluding carboxylic acids is 4. The summed E-state index contributed by atoms with van der Waals surface area (Å²) in [5, 5.41) is 9.16. The second-order valence-electron chi connectivity index (χ2n) is 17.8. The van der Waals surface area contributed by atoms with Gasteiger partial charge in [0, 0.05) is 97.6 Å². The number of halogens is 4. The van der Waals surface area contributed by atoms with Crippen molar-refractivity contribution in [2.45, 2.75) is 89.6 Å². The van der Waals surface area contributed by atoms with Crippen molar-refractivity contribution in [1.82, 2.24) is 20.9 Å². The van der Waals surface area contributed by atoms with Crippen molar-refractivity contribution in [1.29, 1.82) is 0 Å². The Morgan fingerprint density at radius 1 is 0.725 bits per heavy atom. The fourth-order valence-electron chi connectivity index (χ4n) is 10.1. The van der Waals surface area contributed by atoms with Crippen molar-refractivity contribution in [3.05, 3.63) is 130 Å². The van der Waals surface area contributed by atoms with E-state index in [9.17, 15) is 28.0 Å². The van der Waals surface area contributed by atoms with Gasteiger partial charge in [-0.2, -0.15) is 0 Å². The first-order chi connectivity index (χ1) is 32.0. The third-order valence-corrected chi connectivity index (χ3v) is 13.4. The van der Waals surface area contributed by atoms with Crippen molar-refractivity contribution in [3.8, 4) is 0 Å². The van der Waals surface area contributed by atoms with Gasteiger partial charge >= 0.3 is 51.4 Å². The summed E-state index contributed by atoms with van der Waals surface area (Å²) in [4.78, 5) is 54.9. The van der Waals surface area contributed by atoms with E-state index in [2.05, 4.69) is 74.0 Å². The van der Waals surface area contributed by atoms with Crippen molar-refractivity contribution in [2.24, 2.45) is 0 Å². The predicted octanol–water partition coefficient (Wildman–Crippen LogP) is 2.40. The number of likely N-dealkylation sites (tertiary alicyclic amines) is 1. The van der Waals surface area contributed by atoms with Gasteiger partial charge < -0.3 is 54.6 Å². The zero-order valence-electron chi connectivity index (χ0n) is 40.4. The first-order valence-electron chi connectivity index (χ1n) is 23.6. The molecule has 10 rings (SSSR count). The third-order valence-electron chi connectivity index (χ3n) is 13.2. The van der Waals surface area contributed by atoms with E-state index in [1.54, 1.807) is 12.1 Å². The van der Waals surface area contributed by atoms with Crippen molar-refractivity contribution < 1.29 is 103 Å². The van der Waals surface area contributed by atoms with Gasteiger partial charge in [0.25, 0.3) is 0 Å². The van der Waals surface area contributed by atoms with E-state index >= 15 is 0 Å². The Kier molecular flexibility index (Phi) is 26.9. The van der Waals surface area contributed by atoms with Gasteiger partial charge in [0.2, 0.25) is 0 Å². The second kappa shape index (κ2) is 30.5. The number of hydrogen-bond donors (Lipinski definition) is 3. The van der Waals surface area contributed by atoms with Gasteiger partial charge in [-0.3, -0.25) is 19.2 Å². The molecule has 0 unspecified atom stereocenters. The van der Waals surface area contributed by atoms with Crippen LogP contribution in [-0.4, -0.2) is 119 Å². The van der Waals surface area contributed by atoms with Crippen molar-refractivity contribution >= 4 is 46.1 Å². The van der Waals surface area contributed by atoms with Crippen LogP contribution in [0.4, 0.5) is 20.2 Å². The molecule has 15 heteroatoms. The Bertz CT molecular complexity index is 2270. The van der Waals surface area contributed by atoms with E-state index in [1.165, 1.54) is 70.0 Å². The molecule has 2 fully saturated rings. The molecule has 10 nitrogen and oxygen atoms in total. The normalized spacial score (nSPS) is 19.7. The minimum absolute atomic E-state index is 0. The maximum Gasteiger partial charge on any atom is 1.00 e.